The number of nitro benzene ring substituents is 1. The minimum atomic E-state index is -5.14. The topological polar surface area (TPSA) is 184 Å². The van der Waals surface area contributed by atoms with Crippen molar-refractivity contribution in [3.05, 3.63) is 70.3 Å². The van der Waals surface area contributed by atoms with E-state index in [0.29, 0.717) is 18.5 Å². The van der Waals surface area contributed by atoms with Gasteiger partial charge in [0.2, 0.25) is 0 Å². The second-order valence-corrected chi connectivity index (χ2v) is 13.7. The van der Waals surface area contributed by atoms with E-state index >= 15 is 0 Å². The van der Waals surface area contributed by atoms with Crippen LogP contribution in [0.25, 0.3) is 10.8 Å². The van der Waals surface area contributed by atoms with E-state index in [4.69, 9.17) is 9.63 Å². The molecule has 43 heavy (non-hydrogen) atoms. The zero-order valence-electron chi connectivity index (χ0n) is 24.3. The van der Waals surface area contributed by atoms with Gasteiger partial charge in [-0.15, -0.1) is 0 Å². The van der Waals surface area contributed by atoms with Crippen LogP contribution in [0.15, 0.2) is 64.6 Å². The number of hydrogen-bond acceptors (Lipinski definition) is 12. The van der Waals surface area contributed by atoms with E-state index in [9.17, 15) is 29.6 Å². The first-order valence-corrected chi connectivity index (χ1v) is 16.1. The third-order valence-corrected chi connectivity index (χ3v) is 10.1. The van der Waals surface area contributed by atoms with E-state index in [1.807, 2.05) is 38.4 Å². The molecule has 3 rings (SSSR count). The molecule has 228 valence electrons. The van der Waals surface area contributed by atoms with Crippen LogP contribution in [0.5, 0.6) is 5.75 Å². The van der Waals surface area contributed by atoms with Crippen LogP contribution >= 0.6 is 28.4 Å². The molecule has 0 bridgehead atoms. The zero-order valence-corrected chi connectivity index (χ0v) is 29.0. The van der Waals surface area contributed by atoms with Crippen LogP contribution < -0.4 is 48.9 Å². The van der Waals surface area contributed by atoms with Gasteiger partial charge in [-0.2, -0.15) is 5.10 Å². The van der Waals surface area contributed by atoms with Crippen LogP contribution in [0.2, 0.25) is 0 Å². The summed E-state index contributed by atoms with van der Waals surface area (Å²) in [4.78, 5) is 48.3. The van der Waals surface area contributed by atoms with Crippen molar-refractivity contribution in [2.45, 2.75) is 22.8 Å². The van der Waals surface area contributed by atoms with E-state index in [1.165, 1.54) is 30.3 Å². The number of nitro groups is 1. The number of ether oxygens (including phenoxy) is 1. The Morgan fingerprint density at radius 3 is 2.51 bits per heavy atom. The summed E-state index contributed by atoms with van der Waals surface area (Å²) in [7, 11) is -0.874. The van der Waals surface area contributed by atoms with Crippen LogP contribution in [0.3, 0.4) is 0 Å². The largest absolute Gasteiger partial charge is 1.00 e. The molecular formula is C26H34N5NaO8P2S. The molecule has 13 nitrogen and oxygen atoms in total. The number of rotatable bonds is 16. The van der Waals surface area contributed by atoms with Gasteiger partial charge in [-0.1, -0.05) is 24.3 Å². The standard InChI is InChI=1S/C26H35N5O8P2S.Na/c1-29(2)22-9-4-8-21-20(22)7-5-10-25(21)42-28-27-18-19-11-12-23(31(33)34)24(17-19)39-16-6-14-30(3)15-13-26(32,40-35)41(36,37)38;/h4-5,7-12,17-18,28,32,35,40H,6,13-16H2,1-3H3,(H2,36,37,38);/q;+1/p-1/b27-18+;. The molecule has 17 heteroatoms. The summed E-state index contributed by atoms with van der Waals surface area (Å²) in [6, 6.07) is 16.6. The second-order valence-electron chi connectivity index (χ2n) is 9.66. The molecule has 3 aromatic carbocycles. The smallest absolute Gasteiger partial charge is 0.776 e. The molecule has 0 amide bonds. The Morgan fingerprint density at radius 2 is 1.86 bits per heavy atom. The average molecular weight is 662 g/mol. The fourth-order valence-electron chi connectivity index (χ4n) is 4.03. The number of anilines is 1. The monoisotopic (exact) mass is 661 g/mol. The molecule has 3 unspecified atom stereocenters. The van der Waals surface area contributed by atoms with Crippen molar-refractivity contribution in [3.63, 3.8) is 0 Å². The summed E-state index contributed by atoms with van der Waals surface area (Å²) in [5.74, 6) is 0.0768. The van der Waals surface area contributed by atoms with Crippen molar-refractivity contribution < 1.29 is 63.6 Å². The first-order valence-electron chi connectivity index (χ1n) is 12.8. The van der Waals surface area contributed by atoms with Gasteiger partial charge in [0.05, 0.1) is 26.6 Å². The van der Waals surface area contributed by atoms with E-state index in [-0.39, 0.29) is 60.6 Å². The van der Waals surface area contributed by atoms with Gasteiger partial charge in [0.1, 0.15) is 0 Å². The number of nitrogens with zero attached hydrogens (tertiary/aromatic N) is 4. The van der Waals surface area contributed by atoms with Gasteiger partial charge in [0.25, 0.3) is 0 Å². The first-order chi connectivity index (χ1) is 19.9. The number of benzene rings is 3. The molecular weight excluding hydrogens is 627 g/mol. The molecule has 4 N–H and O–H groups in total. The second kappa shape index (κ2) is 17.0. The maximum absolute atomic E-state index is 11.5. The molecule has 0 radical (unpaired) electrons. The fourth-order valence-corrected chi connectivity index (χ4v) is 5.78. The van der Waals surface area contributed by atoms with Crippen molar-refractivity contribution >= 4 is 56.7 Å². The maximum Gasteiger partial charge on any atom is 1.00 e. The predicted molar refractivity (Wildman–Crippen MR) is 165 cm³/mol. The van der Waals surface area contributed by atoms with Crippen molar-refractivity contribution in [1.29, 1.82) is 0 Å². The summed E-state index contributed by atoms with van der Waals surface area (Å²) in [6.45, 7) is 0.602. The molecule has 3 aromatic rings. The van der Waals surface area contributed by atoms with E-state index in [2.05, 4.69) is 27.0 Å². The number of hydrazone groups is 1. The molecule has 0 aliphatic carbocycles. The Morgan fingerprint density at radius 1 is 1.16 bits per heavy atom. The van der Waals surface area contributed by atoms with Crippen LogP contribution in [-0.4, -0.2) is 76.9 Å². The van der Waals surface area contributed by atoms with Crippen molar-refractivity contribution in [2.75, 3.05) is 45.7 Å². The van der Waals surface area contributed by atoms with E-state index in [1.54, 1.807) is 18.0 Å². The number of hydrogen-bond donors (Lipinski definition) is 4. The molecule has 0 saturated heterocycles. The van der Waals surface area contributed by atoms with Gasteiger partial charge >= 0.3 is 35.2 Å². The Hall–Kier alpha value is -1.80. The minimum Gasteiger partial charge on any atom is -0.776 e. The molecule has 0 aliphatic rings. The average Bonchev–Trinajstić information content (AvgIpc) is 2.95. The molecule has 0 aliphatic heterocycles. The van der Waals surface area contributed by atoms with Gasteiger partial charge < -0.3 is 38.9 Å². The Kier molecular flexibility index (Phi) is 14.8. The minimum absolute atomic E-state index is 0. The van der Waals surface area contributed by atoms with Gasteiger partial charge in [-0.25, -0.2) is 4.83 Å². The number of aliphatic hydroxyl groups is 1. The molecule has 3 atom stereocenters. The molecule has 0 saturated carbocycles. The Bertz CT molecular complexity index is 1460. The van der Waals surface area contributed by atoms with Crippen molar-refractivity contribution in [1.82, 2.24) is 9.73 Å². The third-order valence-electron chi connectivity index (χ3n) is 6.37. The molecule has 0 spiro atoms. The molecule has 0 aromatic heterocycles. The van der Waals surface area contributed by atoms with Crippen LogP contribution in [0.4, 0.5) is 11.4 Å². The van der Waals surface area contributed by atoms with Gasteiger partial charge in [0.15, 0.2) is 18.4 Å². The summed E-state index contributed by atoms with van der Waals surface area (Å²) in [5, 5.41) is 25.3. The Balaban J connectivity index is 0.00000645. The normalized spacial score (nSPS) is 14.5. The summed E-state index contributed by atoms with van der Waals surface area (Å²) >= 11 is 1.34. The van der Waals surface area contributed by atoms with E-state index in [0.717, 1.165) is 21.4 Å². The zero-order chi connectivity index (χ0) is 30.9. The van der Waals surface area contributed by atoms with Gasteiger partial charge in [-0.3, -0.25) is 10.1 Å². The SMILES string of the molecule is CN(CCCOc1cc(/C=N/NSc2cccc3c(N(C)C)cccc23)ccc1[N+](=O)[O-])CCC(O)(PO)P(=O)([O-])O.[Na+]. The summed E-state index contributed by atoms with van der Waals surface area (Å²) < 4.78 is 17.0. The Labute approximate surface area is 278 Å². The summed E-state index contributed by atoms with van der Waals surface area (Å²) in [5.41, 5.74) is 1.50. The predicted octanol–water partition coefficient (Wildman–Crippen LogP) is 0.317. The van der Waals surface area contributed by atoms with Crippen molar-refractivity contribution in [2.24, 2.45) is 5.10 Å². The summed E-state index contributed by atoms with van der Waals surface area (Å²) in [6.07, 6.45) is 1.58. The van der Waals surface area contributed by atoms with Crippen molar-refractivity contribution in [3.8, 4) is 5.75 Å². The first kappa shape index (κ1) is 37.4. The van der Waals surface area contributed by atoms with Crippen LogP contribution in [0, 0.1) is 10.1 Å². The number of nitrogens with one attached hydrogen (secondary N) is 1. The van der Waals surface area contributed by atoms with Gasteiger partial charge in [-0.05, 0) is 48.7 Å². The quantitative estimate of drug-likeness (QED) is 0.0314. The fraction of sp³-hybridized carbons (Fsp3) is 0.346. The van der Waals surface area contributed by atoms with Crippen LogP contribution in [0.1, 0.15) is 18.4 Å². The number of fused-ring (bicyclic) bond motifs is 1. The third kappa shape index (κ3) is 10.4. The van der Waals surface area contributed by atoms with Gasteiger partial charge in [0, 0.05) is 67.6 Å². The molecule has 0 fully saturated rings. The maximum atomic E-state index is 11.5. The van der Waals surface area contributed by atoms with E-state index < -0.39 is 26.4 Å². The van der Waals surface area contributed by atoms with Crippen LogP contribution in [-0.2, 0) is 4.57 Å². The molecule has 0 heterocycles.